The molecule has 0 bridgehead atoms. The second kappa shape index (κ2) is 5.91. The molecule has 2 fully saturated rings. The summed E-state index contributed by atoms with van der Waals surface area (Å²) in [6.45, 7) is 4.29. The van der Waals surface area contributed by atoms with Crippen LogP contribution in [-0.2, 0) is 14.8 Å². The van der Waals surface area contributed by atoms with Crippen LogP contribution in [-0.4, -0.2) is 63.2 Å². The Bertz CT molecular complexity index is 727. The molecule has 3 rings (SSSR count). The highest BCUT2D eigenvalue weighted by atomic mass is 32.2. The van der Waals surface area contributed by atoms with E-state index in [2.05, 4.69) is 4.98 Å². The van der Waals surface area contributed by atoms with Crippen molar-refractivity contribution in [2.75, 3.05) is 18.8 Å². The van der Waals surface area contributed by atoms with Crippen molar-refractivity contribution in [2.45, 2.75) is 37.4 Å². The monoisotopic (exact) mass is 358 g/mol. The standard InChI is InChI=1S/C13H18N4O4S2/c1-9(2)15-6-11(14-8-15)23(20,21)16-4-3-10(5-16)17-12(18)7-22-13(17)19/h6,8-10H,3-5,7H2,1-2H3. The number of sulfonamides is 1. The van der Waals surface area contributed by atoms with Gasteiger partial charge in [0.15, 0.2) is 5.03 Å². The Morgan fingerprint density at radius 1 is 1.35 bits per heavy atom. The average Bonchev–Trinajstić information content (AvgIpc) is 3.18. The van der Waals surface area contributed by atoms with E-state index in [1.54, 1.807) is 4.57 Å². The van der Waals surface area contributed by atoms with Crippen molar-refractivity contribution in [3.63, 3.8) is 0 Å². The smallest absolute Gasteiger partial charge is 0.289 e. The first-order valence-corrected chi connectivity index (χ1v) is 9.75. The fourth-order valence-corrected chi connectivity index (χ4v) is 4.91. The van der Waals surface area contributed by atoms with Gasteiger partial charge in [0.1, 0.15) is 0 Å². The Morgan fingerprint density at radius 2 is 2.09 bits per heavy atom. The third-order valence-corrected chi connectivity index (χ3v) is 6.64. The van der Waals surface area contributed by atoms with E-state index < -0.39 is 10.0 Å². The summed E-state index contributed by atoms with van der Waals surface area (Å²) in [7, 11) is -3.70. The van der Waals surface area contributed by atoms with E-state index in [9.17, 15) is 18.0 Å². The molecule has 1 aromatic heterocycles. The topological polar surface area (TPSA) is 92.6 Å². The van der Waals surface area contributed by atoms with Crippen molar-refractivity contribution in [2.24, 2.45) is 0 Å². The lowest BCUT2D eigenvalue weighted by atomic mass is 10.2. The zero-order valence-corrected chi connectivity index (χ0v) is 14.5. The van der Waals surface area contributed by atoms with Crippen molar-refractivity contribution in [3.05, 3.63) is 12.5 Å². The maximum absolute atomic E-state index is 12.7. The van der Waals surface area contributed by atoms with E-state index in [0.29, 0.717) is 6.42 Å². The molecule has 2 aliphatic heterocycles. The van der Waals surface area contributed by atoms with Crippen LogP contribution in [0, 0.1) is 0 Å². The predicted octanol–water partition coefficient (Wildman–Crippen LogP) is 0.922. The third kappa shape index (κ3) is 2.90. The van der Waals surface area contributed by atoms with Crippen LogP contribution in [0.2, 0.25) is 0 Å². The molecule has 0 N–H and O–H groups in total. The van der Waals surface area contributed by atoms with E-state index in [4.69, 9.17) is 0 Å². The number of hydrogen-bond acceptors (Lipinski definition) is 6. The van der Waals surface area contributed by atoms with Crippen LogP contribution < -0.4 is 0 Å². The van der Waals surface area contributed by atoms with Crippen molar-refractivity contribution in [1.29, 1.82) is 0 Å². The summed E-state index contributed by atoms with van der Waals surface area (Å²) in [5, 5.41) is -0.288. The largest absolute Gasteiger partial charge is 0.334 e. The predicted molar refractivity (Wildman–Crippen MR) is 84.5 cm³/mol. The van der Waals surface area contributed by atoms with Gasteiger partial charge >= 0.3 is 0 Å². The molecule has 23 heavy (non-hydrogen) atoms. The molecule has 2 amide bonds. The van der Waals surface area contributed by atoms with E-state index in [1.165, 1.54) is 21.7 Å². The molecule has 3 heterocycles. The van der Waals surface area contributed by atoms with Gasteiger partial charge in [-0.1, -0.05) is 11.8 Å². The van der Waals surface area contributed by atoms with Crippen LogP contribution in [0.15, 0.2) is 17.6 Å². The second-order valence-corrected chi connectivity index (χ2v) is 8.69. The number of imide groups is 1. The van der Waals surface area contributed by atoms with Gasteiger partial charge < -0.3 is 4.57 Å². The van der Waals surface area contributed by atoms with Crippen LogP contribution in [0.25, 0.3) is 0 Å². The summed E-state index contributed by atoms with van der Waals surface area (Å²) < 4.78 is 28.3. The number of carbonyl (C=O) groups excluding carboxylic acids is 2. The fraction of sp³-hybridized carbons (Fsp3) is 0.615. The van der Waals surface area contributed by atoms with Crippen molar-refractivity contribution in [3.8, 4) is 0 Å². The number of imidazole rings is 1. The molecule has 0 spiro atoms. The van der Waals surface area contributed by atoms with Gasteiger partial charge in [0.05, 0.1) is 18.1 Å². The van der Waals surface area contributed by atoms with Gasteiger partial charge in [-0.05, 0) is 20.3 Å². The maximum Gasteiger partial charge on any atom is 0.289 e. The maximum atomic E-state index is 12.7. The SMILES string of the molecule is CC(C)n1cnc(S(=O)(=O)N2CCC(N3C(=O)CSC3=O)C2)c1. The highest BCUT2D eigenvalue weighted by Gasteiger charge is 2.42. The quantitative estimate of drug-likeness (QED) is 0.795. The summed E-state index contributed by atoms with van der Waals surface area (Å²) >= 11 is 0.966. The van der Waals surface area contributed by atoms with Crippen LogP contribution in [0.5, 0.6) is 0 Å². The first-order valence-electron chi connectivity index (χ1n) is 7.33. The highest BCUT2D eigenvalue weighted by Crippen LogP contribution is 2.28. The third-order valence-electron chi connectivity index (χ3n) is 4.05. The lowest BCUT2D eigenvalue weighted by molar-refractivity contribution is -0.126. The summed E-state index contributed by atoms with van der Waals surface area (Å²) in [4.78, 5) is 28.7. The summed E-state index contributed by atoms with van der Waals surface area (Å²) in [6, 6.07) is -0.262. The molecular formula is C13H18N4O4S2. The molecule has 1 aromatic rings. The lowest BCUT2D eigenvalue weighted by Gasteiger charge is -2.21. The normalized spacial score (nSPS) is 23.4. The van der Waals surface area contributed by atoms with Crippen molar-refractivity contribution in [1.82, 2.24) is 18.8 Å². The molecule has 0 saturated carbocycles. The molecule has 126 valence electrons. The number of carbonyl (C=O) groups is 2. The fourth-order valence-electron chi connectivity index (χ4n) is 2.72. The minimum Gasteiger partial charge on any atom is -0.334 e. The van der Waals surface area contributed by atoms with Crippen LogP contribution in [0.4, 0.5) is 4.79 Å². The first-order chi connectivity index (χ1) is 10.8. The van der Waals surface area contributed by atoms with Gasteiger partial charge in [-0.15, -0.1) is 0 Å². The minimum absolute atomic E-state index is 0.000278. The number of rotatable bonds is 4. The molecule has 0 radical (unpaired) electrons. The number of nitrogens with zero attached hydrogens (tertiary/aromatic N) is 4. The summed E-state index contributed by atoms with van der Waals surface area (Å²) in [5.74, 6) is -0.103. The Labute approximate surface area is 138 Å². The van der Waals surface area contributed by atoms with Gasteiger partial charge in [-0.25, -0.2) is 13.4 Å². The summed E-state index contributed by atoms with van der Waals surface area (Å²) in [5.41, 5.74) is 0. The van der Waals surface area contributed by atoms with Crippen LogP contribution in [0.3, 0.4) is 0 Å². The summed E-state index contributed by atoms with van der Waals surface area (Å²) in [6.07, 6.45) is 3.47. The van der Waals surface area contributed by atoms with Crippen LogP contribution in [0.1, 0.15) is 26.3 Å². The van der Waals surface area contributed by atoms with Gasteiger partial charge in [0.25, 0.3) is 15.3 Å². The van der Waals surface area contributed by atoms with Gasteiger partial charge in [0.2, 0.25) is 5.91 Å². The van der Waals surface area contributed by atoms with E-state index >= 15 is 0 Å². The second-order valence-electron chi connectivity index (χ2n) is 5.88. The van der Waals surface area contributed by atoms with Gasteiger partial charge in [-0.2, -0.15) is 4.31 Å². The Hall–Kier alpha value is -1.39. The van der Waals surface area contributed by atoms with E-state index in [1.807, 2.05) is 13.8 Å². The average molecular weight is 358 g/mol. The van der Waals surface area contributed by atoms with Crippen molar-refractivity contribution < 1.29 is 18.0 Å². The van der Waals surface area contributed by atoms with E-state index in [-0.39, 0.29) is 47.1 Å². The Kier molecular flexibility index (Phi) is 4.23. The number of aromatic nitrogens is 2. The Morgan fingerprint density at radius 3 is 2.65 bits per heavy atom. The molecule has 2 aliphatic rings. The van der Waals surface area contributed by atoms with Crippen LogP contribution >= 0.6 is 11.8 Å². The lowest BCUT2D eigenvalue weighted by Crippen LogP contribution is -2.41. The number of amides is 2. The molecule has 2 saturated heterocycles. The molecule has 0 aliphatic carbocycles. The van der Waals surface area contributed by atoms with Gasteiger partial charge in [0, 0.05) is 25.3 Å². The zero-order valence-electron chi connectivity index (χ0n) is 12.9. The Balaban J connectivity index is 1.77. The molecule has 0 aromatic carbocycles. The zero-order chi connectivity index (χ0) is 16.8. The minimum atomic E-state index is -3.70. The molecular weight excluding hydrogens is 340 g/mol. The number of thioether (sulfide) groups is 1. The van der Waals surface area contributed by atoms with Gasteiger partial charge in [-0.3, -0.25) is 14.5 Å². The molecule has 10 heteroatoms. The number of hydrogen-bond donors (Lipinski definition) is 0. The van der Waals surface area contributed by atoms with E-state index in [0.717, 1.165) is 11.8 Å². The molecule has 8 nitrogen and oxygen atoms in total. The first kappa shape index (κ1) is 16.5. The molecule has 1 unspecified atom stereocenters. The molecule has 1 atom stereocenters. The van der Waals surface area contributed by atoms with Crippen molar-refractivity contribution >= 4 is 32.9 Å². The highest BCUT2D eigenvalue weighted by molar-refractivity contribution is 8.14.